The molecule has 0 atom stereocenters. The highest BCUT2D eigenvalue weighted by Crippen LogP contribution is 2.40. The Kier molecular flexibility index (Phi) is 5.61. The number of halogens is 1. The van der Waals surface area contributed by atoms with Gasteiger partial charge in [0.25, 0.3) is 5.91 Å². The van der Waals surface area contributed by atoms with Crippen molar-refractivity contribution in [2.24, 2.45) is 5.41 Å². The molecule has 2 bridgehead atoms. The lowest BCUT2D eigenvalue weighted by Crippen LogP contribution is -2.51. The molecule has 6 rings (SSSR count). The minimum absolute atomic E-state index is 0.201. The number of benzene rings is 1. The van der Waals surface area contributed by atoms with Gasteiger partial charge in [-0.15, -0.1) is 0 Å². The van der Waals surface area contributed by atoms with Crippen molar-refractivity contribution < 1.29 is 4.79 Å². The maximum absolute atomic E-state index is 13.0. The first-order valence-corrected chi connectivity index (χ1v) is 11.4. The lowest BCUT2D eigenvalue weighted by molar-refractivity contribution is 0.0360. The largest absolute Gasteiger partial charge is 0.383 e. The number of pyridine rings is 2. The van der Waals surface area contributed by atoms with Crippen molar-refractivity contribution in [3.8, 4) is 0 Å². The monoisotopic (exact) mass is 450 g/mol. The van der Waals surface area contributed by atoms with Crippen LogP contribution in [-0.2, 0) is 6.54 Å². The number of carbonyl (C=O) groups is 1. The van der Waals surface area contributed by atoms with Crippen molar-refractivity contribution in [2.45, 2.75) is 25.8 Å². The first-order valence-electron chi connectivity index (χ1n) is 11.0. The van der Waals surface area contributed by atoms with Gasteiger partial charge in [-0.05, 0) is 73.5 Å². The summed E-state index contributed by atoms with van der Waals surface area (Å²) in [4.78, 5) is 24.1. The molecule has 32 heavy (non-hydrogen) atoms. The summed E-state index contributed by atoms with van der Waals surface area (Å²) in [6.45, 7) is 4.71. The topological polar surface area (TPSA) is 96.2 Å². The SMILES string of the molecule is Nc1nccc2cc(CNC(=O)c3cc(Cl)cnc3NCC34CCN(CC3)CC4)ccc12. The first-order chi connectivity index (χ1) is 15.5. The smallest absolute Gasteiger partial charge is 0.255 e. The number of amides is 1. The Bertz CT molecular complexity index is 1140. The van der Waals surface area contributed by atoms with E-state index in [0.29, 0.717) is 34.2 Å². The van der Waals surface area contributed by atoms with Crippen molar-refractivity contribution in [3.05, 3.63) is 58.9 Å². The van der Waals surface area contributed by atoms with Crippen LogP contribution in [0.5, 0.6) is 0 Å². The van der Waals surface area contributed by atoms with E-state index in [9.17, 15) is 4.79 Å². The molecule has 0 spiro atoms. The Morgan fingerprint density at radius 3 is 2.69 bits per heavy atom. The molecule has 3 fully saturated rings. The summed E-state index contributed by atoms with van der Waals surface area (Å²) in [6.07, 6.45) is 6.85. The molecule has 8 heteroatoms. The zero-order chi connectivity index (χ0) is 22.1. The van der Waals surface area contributed by atoms with Crippen molar-refractivity contribution >= 4 is 39.9 Å². The van der Waals surface area contributed by atoms with E-state index in [2.05, 4.69) is 25.5 Å². The molecule has 1 aromatic carbocycles. The van der Waals surface area contributed by atoms with E-state index in [0.717, 1.165) is 42.5 Å². The highest BCUT2D eigenvalue weighted by Gasteiger charge is 2.39. The summed E-state index contributed by atoms with van der Waals surface area (Å²) >= 11 is 6.17. The van der Waals surface area contributed by atoms with E-state index in [-0.39, 0.29) is 5.91 Å². The molecule has 0 saturated carbocycles. The lowest BCUT2D eigenvalue weighted by atomic mass is 9.72. The Morgan fingerprint density at radius 1 is 1.12 bits per heavy atom. The van der Waals surface area contributed by atoms with Gasteiger partial charge in [-0.1, -0.05) is 23.7 Å². The van der Waals surface area contributed by atoms with Crippen molar-refractivity contribution in [1.82, 2.24) is 20.2 Å². The number of hydrogen-bond acceptors (Lipinski definition) is 6. The number of nitrogens with one attached hydrogen (secondary N) is 2. The molecule has 0 unspecified atom stereocenters. The van der Waals surface area contributed by atoms with Gasteiger partial charge in [-0.2, -0.15) is 0 Å². The number of anilines is 2. The fraction of sp³-hybridized carbons (Fsp3) is 0.375. The number of hydrogen-bond donors (Lipinski definition) is 3. The van der Waals surface area contributed by atoms with Crippen molar-refractivity contribution in [1.29, 1.82) is 0 Å². The third kappa shape index (κ3) is 4.23. The summed E-state index contributed by atoms with van der Waals surface area (Å²) in [5.74, 6) is 0.890. The van der Waals surface area contributed by atoms with E-state index in [4.69, 9.17) is 17.3 Å². The van der Waals surface area contributed by atoms with Crippen molar-refractivity contribution in [3.63, 3.8) is 0 Å². The number of nitrogen functional groups attached to an aromatic ring is 1. The van der Waals surface area contributed by atoms with E-state index in [1.54, 1.807) is 18.5 Å². The summed E-state index contributed by atoms with van der Waals surface area (Å²) < 4.78 is 0. The van der Waals surface area contributed by atoms with Gasteiger partial charge >= 0.3 is 0 Å². The third-order valence-electron chi connectivity index (χ3n) is 6.92. The van der Waals surface area contributed by atoms with Gasteiger partial charge in [-0.25, -0.2) is 9.97 Å². The van der Waals surface area contributed by atoms with Crippen LogP contribution in [0.15, 0.2) is 42.7 Å². The molecular weight excluding hydrogens is 424 g/mol. The number of nitrogens with zero attached hydrogens (tertiary/aromatic N) is 3. The van der Waals surface area contributed by atoms with Gasteiger partial charge in [0.15, 0.2) is 0 Å². The maximum atomic E-state index is 13.0. The predicted molar refractivity (Wildman–Crippen MR) is 128 cm³/mol. The molecule has 1 amide bonds. The van der Waals surface area contributed by atoms with E-state index < -0.39 is 0 Å². The molecular formula is C24H27ClN6O. The second kappa shape index (κ2) is 8.56. The minimum atomic E-state index is -0.201. The van der Waals surface area contributed by atoms with E-state index >= 15 is 0 Å². The van der Waals surface area contributed by atoms with Gasteiger partial charge in [0.2, 0.25) is 0 Å². The molecule has 3 aromatic rings. The molecule has 3 saturated heterocycles. The molecule has 5 heterocycles. The molecule has 3 aliphatic heterocycles. The Labute approximate surface area is 192 Å². The van der Waals surface area contributed by atoms with Crippen LogP contribution in [0.1, 0.15) is 35.2 Å². The zero-order valence-corrected chi connectivity index (χ0v) is 18.7. The second-order valence-electron chi connectivity index (χ2n) is 8.93. The highest BCUT2D eigenvalue weighted by atomic mass is 35.5. The maximum Gasteiger partial charge on any atom is 0.255 e. The number of fused-ring (bicyclic) bond motifs is 4. The van der Waals surface area contributed by atoms with Gasteiger partial charge in [-0.3, -0.25) is 4.79 Å². The van der Waals surface area contributed by atoms with Crippen LogP contribution < -0.4 is 16.4 Å². The molecule has 0 radical (unpaired) electrons. The Balaban J connectivity index is 1.28. The summed E-state index contributed by atoms with van der Waals surface area (Å²) in [5, 5.41) is 8.81. The average Bonchev–Trinajstić information content (AvgIpc) is 2.83. The molecule has 166 valence electrons. The van der Waals surface area contributed by atoms with E-state index in [1.165, 1.54) is 19.3 Å². The number of nitrogens with two attached hydrogens (primary N) is 1. The predicted octanol–water partition coefficient (Wildman–Crippen LogP) is 3.69. The fourth-order valence-electron chi connectivity index (χ4n) is 4.82. The van der Waals surface area contributed by atoms with Crippen LogP contribution in [0.25, 0.3) is 10.8 Å². The standard InChI is InChI=1S/C24H27ClN6O/c25-18-12-20(22(28-14-18)30-15-24-4-8-31(9-5-24)10-6-24)23(32)29-13-16-1-2-19-17(11-16)3-7-27-21(19)26/h1-3,7,11-12,14H,4-6,8-10,13,15H2,(H2,26,27)(H,28,30)(H,29,32). The van der Waals surface area contributed by atoms with Crippen LogP contribution in [-0.4, -0.2) is 47.0 Å². The van der Waals surface area contributed by atoms with Crippen LogP contribution in [0.2, 0.25) is 5.02 Å². The molecule has 2 aromatic heterocycles. The number of rotatable bonds is 6. The fourth-order valence-corrected chi connectivity index (χ4v) is 4.98. The van der Waals surface area contributed by atoms with Crippen molar-refractivity contribution in [2.75, 3.05) is 37.2 Å². The normalized spacial score (nSPS) is 22.1. The Hall–Kier alpha value is -2.90. The van der Waals surface area contributed by atoms with Crippen LogP contribution in [0, 0.1) is 5.41 Å². The summed E-state index contributed by atoms with van der Waals surface area (Å²) in [5.41, 5.74) is 7.68. The molecule has 4 N–H and O–H groups in total. The number of carbonyl (C=O) groups excluding carboxylic acids is 1. The average molecular weight is 451 g/mol. The third-order valence-corrected chi connectivity index (χ3v) is 7.12. The van der Waals surface area contributed by atoms with Gasteiger partial charge < -0.3 is 21.3 Å². The first kappa shape index (κ1) is 21.0. The number of aromatic nitrogens is 2. The van der Waals surface area contributed by atoms with Crippen LogP contribution >= 0.6 is 11.6 Å². The zero-order valence-electron chi connectivity index (χ0n) is 17.9. The Morgan fingerprint density at radius 2 is 1.91 bits per heavy atom. The highest BCUT2D eigenvalue weighted by molar-refractivity contribution is 6.31. The summed E-state index contributed by atoms with van der Waals surface area (Å²) in [6, 6.07) is 9.49. The lowest BCUT2D eigenvalue weighted by Gasteiger charge is -2.48. The molecule has 0 aliphatic carbocycles. The van der Waals surface area contributed by atoms with Gasteiger partial charge in [0.05, 0.1) is 10.6 Å². The van der Waals surface area contributed by atoms with Crippen LogP contribution in [0.3, 0.4) is 0 Å². The van der Waals surface area contributed by atoms with Crippen LogP contribution in [0.4, 0.5) is 11.6 Å². The second-order valence-corrected chi connectivity index (χ2v) is 9.37. The van der Waals surface area contributed by atoms with E-state index in [1.807, 2.05) is 24.3 Å². The summed E-state index contributed by atoms with van der Waals surface area (Å²) in [7, 11) is 0. The molecule has 7 nitrogen and oxygen atoms in total. The quantitative estimate of drug-likeness (QED) is 0.530. The van der Waals surface area contributed by atoms with Gasteiger partial charge in [0.1, 0.15) is 11.6 Å². The molecule has 3 aliphatic rings. The van der Waals surface area contributed by atoms with Gasteiger partial charge in [0, 0.05) is 30.9 Å². The minimum Gasteiger partial charge on any atom is -0.383 e. The number of piperidine rings is 3.